The number of unbranched alkanes of at least 4 members (excludes halogenated alkanes) is 2. The van der Waals surface area contributed by atoms with Crippen molar-refractivity contribution in [2.75, 3.05) is 70.4 Å². The normalized spacial score (nSPS) is 12.9. The number of hydrogen-bond acceptors (Lipinski definition) is 7. The molecule has 0 unspecified atom stereocenters. The maximum Gasteiger partial charge on any atom is 0.258 e. The van der Waals surface area contributed by atoms with Gasteiger partial charge in [-0.2, -0.15) is 0 Å². The molecule has 0 aromatic heterocycles. The number of hydrogen-bond donors (Lipinski definition) is 2. The summed E-state index contributed by atoms with van der Waals surface area (Å²) < 4.78 is 17.2. The van der Waals surface area contributed by atoms with Crippen LogP contribution in [0.2, 0.25) is 0 Å². The number of morpholine rings is 1. The highest BCUT2D eigenvalue weighted by Gasteiger charge is 2.21. The number of rotatable bonds is 16. The average Bonchev–Trinajstić information content (AvgIpc) is 3.16. The molecule has 0 saturated carbocycles. The van der Waals surface area contributed by atoms with Gasteiger partial charge in [-0.05, 0) is 86.2 Å². The molecule has 1 fully saturated rings. The topological polar surface area (TPSA) is 109 Å². The van der Waals surface area contributed by atoms with Crippen molar-refractivity contribution in [2.45, 2.75) is 39.5 Å². The zero-order chi connectivity index (χ0) is 36.9. The lowest BCUT2D eigenvalue weighted by Gasteiger charge is -2.26. The molecule has 0 aliphatic carbocycles. The van der Waals surface area contributed by atoms with Crippen LogP contribution in [0.15, 0.2) is 84.9 Å². The van der Waals surface area contributed by atoms with Gasteiger partial charge in [0.05, 0.1) is 38.3 Å². The molecule has 0 bridgehead atoms. The number of carbonyl (C=O) groups is 3. The van der Waals surface area contributed by atoms with E-state index in [1.807, 2.05) is 80.6 Å². The van der Waals surface area contributed by atoms with Crippen LogP contribution in [0.4, 0.5) is 11.4 Å². The van der Waals surface area contributed by atoms with Crippen LogP contribution < -0.4 is 25.0 Å². The van der Waals surface area contributed by atoms with Crippen LogP contribution >= 0.6 is 0 Å². The molecular formula is C42H50N4O6. The van der Waals surface area contributed by atoms with Gasteiger partial charge in [-0.3, -0.25) is 19.3 Å². The number of amides is 3. The standard InChI is InChI=1S/C42H50N4O6/c1-30-14-17-34(32-11-7-5-8-12-32)35(27-30)41(48)44-36-18-16-33(29-38(36)50-4)42(49)45(3)37-19-15-31(2)28-39(37)52-24-10-6-9-13-40(47)43-20-21-46-22-25-51-26-23-46/h5,7-8,11-12,14-19,27-29H,6,9-10,13,20-26H2,1-4H3,(H,43,47)(H,44,48). The molecule has 2 N–H and O–H groups in total. The first-order chi connectivity index (χ1) is 25.2. The summed E-state index contributed by atoms with van der Waals surface area (Å²) in [5, 5.41) is 6.00. The number of nitrogens with zero attached hydrogens (tertiary/aromatic N) is 2. The minimum absolute atomic E-state index is 0.0748. The predicted octanol–water partition coefficient (Wildman–Crippen LogP) is 6.90. The third-order valence-corrected chi connectivity index (χ3v) is 9.14. The van der Waals surface area contributed by atoms with E-state index < -0.39 is 0 Å². The second-order valence-corrected chi connectivity index (χ2v) is 13.1. The molecule has 10 nitrogen and oxygen atoms in total. The summed E-state index contributed by atoms with van der Waals surface area (Å²) in [4.78, 5) is 43.5. The Balaban J connectivity index is 1.16. The van der Waals surface area contributed by atoms with Gasteiger partial charge in [0.15, 0.2) is 0 Å². The van der Waals surface area contributed by atoms with Gasteiger partial charge in [-0.25, -0.2) is 0 Å². The highest BCUT2D eigenvalue weighted by Crippen LogP contribution is 2.33. The van der Waals surface area contributed by atoms with E-state index in [1.54, 1.807) is 30.1 Å². The van der Waals surface area contributed by atoms with Crippen molar-refractivity contribution in [1.29, 1.82) is 0 Å². The smallest absolute Gasteiger partial charge is 0.258 e. The molecule has 0 spiro atoms. The van der Waals surface area contributed by atoms with Crippen LogP contribution in [-0.4, -0.2) is 82.8 Å². The lowest BCUT2D eigenvalue weighted by Crippen LogP contribution is -2.41. The zero-order valence-electron chi connectivity index (χ0n) is 30.7. The molecule has 10 heteroatoms. The molecule has 1 aliphatic heterocycles. The van der Waals surface area contributed by atoms with Crippen molar-refractivity contribution < 1.29 is 28.6 Å². The molecule has 52 heavy (non-hydrogen) atoms. The first-order valence-electron chi connectivity index (χ1n) is 18.0. The van der Waals surface area contributed by atoms with Gasteiger partial charge in [-0.15, -0.1) is 0 Å². The minimum atomic E-state index is -0.277. The molecule has 0 atom stereocenters. The fourth-order valence-corrected chi connectivity index (χ4v) is 6.16. The first-order valence-corrected chi connectivity index (χ1v) is 18.0. The molecule has 3 amide bonds. The van der Waals surface area contributed by atoms with E-state index in [0.29, 0.717) is 53.6 Å². The van der Waals surface area contributed by atoms with Crippen LogP contribution in [0.3, 0.4) is 0 Å². The molecular weight excluding hydrogens is 656 g/mol. The van der Waals surface area contributed by atoms with Gasteiger partial charge in [0.25, 0.3) is 11.8 Å². The highest BCUT2D eigenvalue weighted by molar-refractivity contribution is 6.10. The third kappa shape index (κ3) is 10.4. The molecule has 1 heterocycles. The fourth-order valence-electron chi connectivity index (χ4n) is 6.16. The number of ether oxygens (including phenoxy) is 3. The second-order valence-electron chi connectivity index (χ2n) is 13.1. The largest absolute Gasteiger partial charge is 0.495 e. The van der Waals surface area contributed by atoms with E-state index in [2.05, 4.69) is 15.5 Å². The van der Waals surface area contributed by atoms with E-state index in [-0.39, 0.29) is 17.7 Å². The zero-order valence-corrected chi connectivity index (χ0v) is 30.7. The van der Waals surface area contributed by atoms with Crippen LogP contribution in [0.5, 0.6) is 11.5 Å². The maximum atomic E-state index is 13.8. The molecule has 274 valence electrons. The van der Waals surface area contributed by atoms with Crippen molar-refractivity contribution in [3.8, 4) is 22.6 Å². The lowest BCUT2D eigenvalue weighted by molar-refractivity contribution is -0.121. The average molecular weight is 707 g/mol. The van der Waals surface area contributed by atoms with Gasteiger partial charge in [0.1, 0.15) is 11.5 Å². The van der Waals surface area contributed by atoms with E-state index in [4.69, 9.17) is 14.2 Å². The van der Waals surface area contributed by atoms with Crippen molar-refractivity contribution >= 4 is 29.1 Å². The Morgan fingerprint density at radius 3 is 2.37 bits per heavy atom. The van der Waals surface area contributed by atoms with E-state index in [1.165, 1.54) is 7.11 Å². The highest BCUT2D eigenvalue weighted by atomic mass is 16.5. The number of carbonyl (C=O) groups excluding carboxylic acids is 3. The van der Waals surface area contributed by atoms with Crippen molar-refractivity contribution in [3.05, 3.63) is 107 Å². The monoisotopic (exact) mass is 706 g/mol. The third-order valence-electron chi connectivity index (χ3n) is 9.14. The van der Waals surface area contributed by atoms with E-state index in [9.17, 15) is 14.4 Å². The molecule has 1 saturated heterocycles. The summed E-state index contributed by atoms with van der Waals surface area (Å²) in [6.07, 6.45) is 2.91. The Hall–Kier alpha value is -5.19. The Kier molecular flexibility index (Phi) is 13.8. The van der Waals surface area contributed by atoms with Crippen molar-refractivity contribution in [3.63, 3.8) is 0 Å². The fraction of sp³-hybridized carbons (Fsp3) is 0.357. The Bertz CT molecular complexity index is 1820. The van der Waals surface area contributed by atoms with Crippen LogP contribution in [0.25, 0.3) is 11.1 Å². The first kappa shape index (κ1) is 38.1. The summed E-state index contributed by atoms with van der Waals surface area (Å²) in [5.74, 6) is 0.522. The Labute approximate surface area is 307 Å². The Morgan fingerprint density at radius 2 is 1.60 bits per heavy atom. The lowest BCUT2D eigenvalue weighted by atomic mass is 9.97. The van der Waals surface area contributed by atoms with Crippen LogP contribution in [-0.2, 0) is 9.53 Å². The SMILES string of the molecule is COc1cc(C(=O)N(C)c2ccc(C)cc2OCCCCCC(=O)NCCN2CCOCC2)ccc1NC(=O)c1cc(C)ccc1-c1ccccc1. The van der Waals surface area contributed by atoms with Crippen molar-refractivity contribution in [2.24, 2.45) is 0 Å². The number of aryl methyl sites for hydroxylation is 2. The molecule has 1 aliphatic rings. The maximum absolute atomic E-state index is 13.8. The second kappa shape index (κ2) is 18.9. The van der Waals surface area contributed by atoms with Crippen LogP contribution in [0, 0.1) is 13.8 Å². The number of methoxy groups -OCH3 is 1. The minimum Gasteiger partial charge on any atom is -0.495 e. The number of anilines is 2. The molecule has 4 aromatic rings. The van der Waals surface area contributed by atoms with Gasteiger partial charge in [0, 0.05) is 50.8 Å². The molecule has 0 radical (unpaired) electrons. The van der Waals surface area contributed by atoms with Crippen molar-refractivity contribution in [1.82, 2.24) is 10.2 Å². The van der Waals surface area contributed by atoms with E-state index >= 15 is 0 Å². The quantitative estimate of drug-likeness (QED) is 0.122. The summed E-state index contributed by atoms with van der Waals surface area (Å²) >= 11 is 0. The van der Waals surface area contributed by atoms with E-state index in [0.717, 1.165) is 74.4 Å². The molecule has 4 aromatic carbocycles. The predicted molar refractivity (Wildman–Crippen MR) is 206 cm³/mol. The molecule has 5 rings (SSSR count). The van der Waals surface area contributed by atoms with Gasteiger partial charge < -0.3 is 29.7 Å². The van der Waals surface area contributed by atoms with Crippen LogP contribution in [0.1, 0.15) is 57.5 Å². The summed E-state index contributed by atoms with van der Waals surface area (Å²) in [5.41, 5.74) is 5.78. The number of nitrogens with one attached hydrogen (secondary N) is 2. The Morgan fingerprint density at radius 1 is 0.846 bits per heavy atom. The van der Waals surface area contributed by atoms with Gasteiger partial charge in [0.2, 0.25) is 5.91 Å². The van der Waals surface area contributed by atoms with Gasteiger partial charge in [-0.1, -0.05) is 54.1 Å². The van der Waals surface area contributed by atoms with Gasteiger partial charge >= 0.3 is 0 Å². The number of benzene rings is 4. The summed E-state index contributed by atoms with van der Waals surface area (Å²) in [6.45, 7) is 9.23. The summed E-state index contributed by atoms with van der Waals surface area (Å²) in [6, 6.07) is 26.3. The summed E-state index contributed by atoms with van der Waals surface area (Å²) in [7, 11) is 3.22.